The van der Waals surface area contributed by atoms with Crippen LogP contribution in [-0.2, 0) is 32.7 Å². The minimum atomic E-state index is -0.415. The molecule has 0 aliphatic heterocycles. The van der Waals surface area contributed by atoms with Crippen LogP contribution in [0.2, 0.25) is 0 Å². The maximum Gasteiger partial charge on any atom is 0.310 e. The molecule has 0 aliphatic carbocycles. The van der Waals surface area contributed by atoms with Crippen LogP contribution in [0, 0.1) is 5.92 Å². The maximum absolute atomic E-state index is 13.5. The van der Waals surface area contributed by atoms with Gasteiger partial charge in [-0.3, -0.25) is 19.3 Å². The smallest absolute Gasteiger partial charge is 0.310 e. The molecule has 230 valence electrons. The number of methoxy groups -OCH3 is 1. The number of imidazole rings is 1. The fourth-order valence-corrected chi connectivity index (χ4v) is 4.34. The highest BCUT2D eigenvalue weighted by Crippen LogP contribution is 2.21. The number of aromatic nitrogens is 3. The Hall–Kier alpha value is -5.26. The van der Waals surface area contributed by atoms with Crippen LogP contribution in [0.3, 0.4) is 0 Å². The van der Waals surface area contributed by atoms with Gasteiger partial charge in [0.05, 0.1) is 37.0 Å². The molecule has 0 saturated heterocycles. The third kappa shape index (κ3) is 7.77. The minimum Gasteiger partial charge on any atom is -0.469 e. The number of esters is 2. The quantitative estimate of drug-likeness (QED) is 0.132. The van der Waals surface area contributed by atoms with Crippen molar-refractivity contribution in [2.75, 3.05) is 30.6 Å². The molecule has 2 aromatic heterocycles. The average Bonchev–Trinajstić information content (AvgIpc) is 3.37. The van der Waals surface area contributed by atoms with Crippen molar-refractivity contribution in [2.45, 2.75) is 33.2 Å². The molecule has 1 amide bonds. The molecule has 3 N–H and O–H groups in total. The number of benzene rings is 2. The molecule has 0 fully saturated rings. The number of carbonyl (C=O) groups excluding carboxylic acids is 3. The zero-order chi connectivity index (χ0) is 31.6. The van der Waals surface area contributed by atoms with Crippen molar-refractivity contribution in [3.05, 3.63) is 83.8 Å². The molecule has 1 unspecified atom stereocenters. The van der Waals surface area contributed by atoms with E-state index in [1.807, 2.05) is 55.8 Å². The van der Waals surface area contributed by atoms with E-state index in [0.717, 1.165) is 17.0 Å². The number of aliphatic imine (C=N–C) groups is 1. The van der Waals surface area contributed by atoms with E-state index in [2.05, 4.69) is 15.3 Å². The molecular formula is C32H37N7O5. The van der Waals surface area contributed by atoms with Crippen LogP contribution in [0.5, 0.6) is 0 Å². The Morgan fingerprint density at radius 2 is 1.84 bits per heavy atom. The van der Waals surface area contributed by atoms with Crippen LogP contribution >= 0.6 is 0 Å². The summed E-state index contributed by atoms with van der Waals surface area (Å²) in [4.78, 5) is 51.8. The van der Waals surface area contributed by atoms with Gasteiger partial charge < -0.3 is 25.1 Å². The molecule has 2 aromatic carbocycles. The highest BCUT2D eigenvalue weighted by Gasteiger charge is 2.21. The lowest BCUT2D eigenvalue weighted by molar-refractivity contribution is -0.147. The SMILES string of the molecule is CCC(C)C(=O)OC/N=C(\N)c1ccc(NCc2nc3cc(C(=O)N(CCC(=O)OC)c4ccccn4)ccc3n2C)cc1. The lowest BCUT2D eigenvalue weighted by Gasteiger charge is -2.21. The van der Waals surface area contributed by atoms with Crippen molar-refractivity contribution in [3.8, 4) is 0 Å². The van der Waals surface area contributed by atoms with Gasteiger partial charge in [-0.15, -0.1) is 0 Å². The van der Waals surface area contributed by atoms with Crippen molar-refractivity contribution in [1.29, 1.82) is 0 Å². The van der Waals surface area contributed by atoms with Gasteiger partial charge >= 0.3 is 11.9 Å². The Morgan fingerprint density at radius 1 is 1.09 bits per heavy atom. The molecule has 12 nitrogen and oxygen atoms in total. The van der Waals surface area contributed by atoms with E-state index in [-0.39, 0.29) is 43.3 Å². The second-order valence-electron chi connectivity index (χ2n) is 10.1. The summed E-state index contributed by atoms with van der Waals surface area (Å²) in [6.45, 7) is 4.17. The van der Waals surface area contributed by atoms with Gasteiger partial charge in [0.15, 0.2) is 6.73 Å². The fraction of sp³-hybridized carbons (Fsp3) is 0.312. The van der Waals surface area contributed by atoms with E-state index in [4.69, 9.17) is 20.2 Å². The number of ether oxygens (including phenoxy) is 2. The van der Waals surface area contributed by atoms with Crippen LogP contribution in [0.4, 0.5) is 11.5 Å². The molecule has 2 heterocycles. The average molecular weight is 600 g/mol. The number of rotatable bonds is 13. The molecule has 12 heteroatoms. The van der Waals surface area contributed by atoms with E-state index in [0.29, 0.717) is 35.4 Å². The van der Waals surface area contributed by atoms with Crippen LogP contribution in [0.15, 0.2) is 71.9 Å². The van der Waals surface area contributed by atoms with Crippen molar-refractivity contribution in [2.24, 2.45) is 23.7 Å². The Kier molecular flexibility index (Phi) is 10.6. The van der Waals surface area contributed by atoms with E-state index in [1.165, 1.54) is 12.0 Å². The number of pyridine rings is 1. The maximum atomic E-state index is 13.5. The second-order valence-corrected chi connectivity index (χ2v) is 10.1. The summed E-state index contributed by atoms with van der Waals surface area (Å²) in [5, 5.41) is 3.36. The van der Waals surface area contributed by atoms with Gasteiger partial charge in [-0.05, 0) is 61.0 Å². The number of hydrogen-bond acceptors (Lipinski definition) is 9. The Morgan fingerprint density at radius 3 is 2.52 bits per heavy atom. The molecule has 0 aliphatic rings. The topological polar surface area (TPSA) is 154 Å². The van der Waals surface area contributed by atoms with Crippen LogP contribution < -0.4 is 16.0 Å². The highest BCUT2D eigenvalue weighted by atomic mass is 16.5. The van der Waals surface area contributed by atoms with Gasteiger partial charge in [-0.2, -0.15) is 0 Å². The van der Waals surface area contributed by atoms with Gasteiger partial charge in [0.2, 0.25) is 0 Å². The van der Waals surface area contributed by atoms with Gasteiger partial charge in [0.1, 0.15) is 17.5 Å². The van der Waals surface area contributed by atoms with E-state index in [9.17, 15) is 14.4 Å². The minimum absolute atomic E-state index is 0.0364. The lowest BCUT2D eigenvalue weighted by atomic mass is 10.1. The first-order chi connectivity index (χ1) is 21.2. The van der Waals surface area contributed by atoms with E-state index in [1.54, 1.807) is 36.5 Å². The Labute approximate surface area is 255 Å². The van der Waals surface area contributed by atoms with Gasteiger partial charge in [0.25, 0.3) is 5.91 Å². The van der Waals surface area contributed by atoms with Crippen molar-refractivity contribution in [3.63, 3.8) is 0 Å². The first kappa shape index (κ1) is 31.7. The van der Waals surface area contributed by atoms with Crippen LogP contribution in [0.1, 0.15) is 48.4 Å². The molecule has 0 spiro atoms. The molecule has 1 atom stereocenters. The normalized spacial score (nSPS) is 12.0. The highest BCUT2D eigenvalue weighted by molar-refractivity contribution is 6.07. The molecule has 4 aromatic rings. The summed E-state index contributed by atoms with van der Waals surface area (Å²) in [6.07, 6.45) is 2.33. The van der Waals surface area contributed by atoms with Gasteiger partial charge in [0, 0.05) is 36.6 Å². The van der Waals surface area contributed by atoms with Crippen molar-refractivity contribution in [1.82, 2.24) is 14.5 Å². The first-order valence-corrected chi connectivity index (χ1v) is 14.3. The number of carbonyl (C=O) groups is 3. The summed E-state index contributed by atoms with van der Waals surface area (Å²) in [5.41, 5.74) is 9.58. The Bertz CT molecular complexity index is 1630. The number of hydrogen-bond donors (Lipinski definition) is 2. The van der Waals surface area contributed by atoms with Crippen LogP contribution in [-0.4, -0.2) is 58.6 Å². The number of fused-ring (bicyclic) bond motifs is 1. The zero-order valence-electron chi connectivity index (χ0n) is 25.3. The number of anilines is 2. The lowest BCUT2D eigenvalue weighted by Crippen LogP contribution is -2.33. The number of nitrogens with zero attached hydrogens (tertiary/aromatic N) is 5. The zero-order valence-corrected chi connectivity index (χ0v) is 25.3. The predicted octanol–water partition coefficient (Wildman–Crippen LogP) is 4.04. The molecular weight excluding hydrogens is 562 g/mol. The van der Waals surface area contributed by atoms with Crippen LogP contribution in [0.25, 0.3) is 11.0 Å². The number of nitrogens with two attached hydrogens (primary N) is 1. The summed E-state index contributed by atoms with van der Waals surface area (Å²) in [7, 11) is 3.23. The summed E-state index contributed by atoms with van der Waals surface area (Å²) in [5.74, 6) is 0.307. The molecule has 44 heavy (non-hydrogen) atoms. The summed E-state index contributed by atoms with van der Waals surface area (Å²) >= 11 is 0. The van der Waals surface area contributed by atoms with E-state index < -0.39 is 5.97 Å². The monoisotopic (exact) mass is 599 g/mol. The second kappa shape index (κ2) is 14.8. The largest absolute Gasteiger partial charge is 0.469 e. The third-order valence-corrected chi connectivity index (χ3v) is 7.25. The Balaban J connectivity index is 1.43. The standard InChI is InChI=1S/C32H37N7O5/c1-5-21(2)32(42)44-20-36-30(33)22-9-12-24(13-10-22)35-19-28-37-25-18-23(11-14-26(25)38(28)3)31(41)39(17-15-29(40)43-4)27-8-6-7-16-34-27/h6-14,16,18,21,35H,5,15,17,19-20H2,1-4H3,(H2,33,36). The van der Waals surface area contributed by atoms with Gasteiger partial charge in [-0.25, -0.2) is 15.0 Å². The number of amides is 1. The van der Waals surface area contributed by atoms with Crippen molar-refractivity contribution >= 4 is 46.2 Å². The third-order valence-electron chi connectivity index (χ3n) is 7.25. The fourth-order valence-electron chi connectivity index (χ4n) is 4.34. The molecule has 0 radical (unpaired) electrons. The number of amidine groups is 1. The first-order valence-electron chi connectivity index (χ1n) is 14.3. The van der Waals surface area contributed by atoms with Crippen molar-refractivity contribution < 1.29 is 23.9 Å². The molecule has 0 bridgehead atoms. The number of aryl methyl sites for hydroxylation is 1. The van der Waals surface area contributed by atoms with E-state index >= 15 is 0 Å². The molecule has 4 rings (SSSR count). The predicted molar refractivity (Wildman–Crippen MR) is 168 cm³/mol. The summed E-state index contributed by atoms with van der Waals surface area (Å²) in [6, 6.07) is 18.0. The molecule has 0 saturated carbocycles. The summed E-state index contributed by atoms with van der Waals surface area (Å²) < 4.78 is 11.9. The van der Waals surface area contributed by atoms with Gasteiger partial charge in [-0.1, -0.05) is 19.9 Å². The number of nitrogens with one attached hydrogen (secondary N) is 1.